The number of piperidine rings is 1. The molecule has 1 aliphatic rings. The zero-order valence-corrected chi connectivity index (χ0v) is 16.3. The van der Waals surface area contributed by atoms with Crippen molar-refractivity contribution in [3.8, 4) is 11.8 Å². The second-order valence-electron chi connectivity index (χ2n) is 6.47. The molecule has 0 bridgehead atoms. The van der Waals surface area contributed by atoms with E-state index in [0.717, 1.165) is 19.3 Å². The molecule has 2 aromatic carbocycles. The van der Waals surface area contributed by atoms with Crippen LogP contribution in [0.25, 0.3) is 0 Å². The topological polar surface area (TPSA) is 99.5 Å². The monoisotopic (exact) mass is 399 g/mol. The standard InChI is InChI=1S/C20H21N3O4S/c1-27-18-10-9-17(22-20(24)16-7-5-15(14-21)6-8-16)13-19(18)28(25,26)23-11-3-2-4-12-23/h5-10,13H,2-4,11-12H2,1H3,(H,22,24). The van der Waals surface area contributed by atoms with Crippen molar-refractivity contribution in [1.29, 1.82) is 5.26 Å². The van der Waals surface area contributed by atoms with E-state index in [1.54, 1.807) is 30.3 Å². The molecule has 0 aliphatic carbocycles. The highest BCUT2D eigenvalue weighted by atomic mass is 32.2. The van der Waals surface area contributed by atoms with Gasteiger partial charge in [-0.15, -0.1) is 0 Å². The van der Waals surface area contributed by atoms with Gasteiger partial charge >= 0.3 is 0 Å². The number of carbonyl (C=O) groups excluding carboxylic acids is 1. The molecule has 0 saturated carbocycles. The van der Waals surface area contributed by atoms with Gasteiger partial charge in [-0.05, 0) is 55.3 Å². The van der Waals surface area contributed by atoms with E-state index >= 15 is 0 Å². The third kappa shape index (κ3) is 4.16. The normalized spacial score (nSPS) is 14.9. The first kappa shape index (κ1) is 19.9. The molecular formula is C20H21N3O4S. The highest BCUT2D eigenvalue weighted by Crippen LogP contribution is 2.31. The van der Waals surface area contributed by atoms with Crippen LogP contribution in [0.4, 0.5) is 5.69 Å². The van der Waals surface area contributed by atoms with Crippen molar-refractivity contribution in [3.63, 3.8) is 0 Å². The molecule has 1 saturated heterocycles. The number of benzene rings is 2. The average Bonchev–Trinajstić information content (AvgIpc) is 2.74. The average molecular weight is 399 g/mol. The molecule has 0 atom stereocenters. The third-order valence-corrected chi connectivity index (χ3v) is 6.55. The van der Waals surface area contributed by atoms with Crippen LogP contribution < -0.4 is 10.1 Å². The highest BCUT2D eigenvalue weighted by molar-refractivity contribution is 7.89. The zero-order valence-electron chi connectivity index (χ0n) is 15.5. The van der Waals surface area contributed by atoms with Crippen LogP contribution in [-0.4, -0.2) is 38.8 Å². The molecule has 0 aromatic heterocycles. The fraction of sp³-hybridized carbons (Fsp3) is 0.300. The summed E-state index contributed by atoms with van der Waals surface area (Å²) in [6, 6.07) is 12.7. The SMILES string of the molecule is COc1ccc(NC(=O)c2ccc(C#N)cc2)cc1S(=O)(=O)N1CCCCC1. The van der Waals surface area contributed by atoms with Crippen LogP contribution in [0.1, 0.15) is 35.2 Å². The Bertz CT molecular complexity index is 1000. The molecule has 1 aliphatic heterocycles. The van der Waals surface area contributed by atoms with Crippen molar-refractivity contribution in [3.05, 3.63) is 53.6 Å². The Kier molecular flexibility index (Phi) is 5.97. The van der Waals surface area contributed by atoms with Gasteiger partial charge in [0.2, 0.25) is 10.0 Å². The lowest BCUT2D eigenvalue weighted by Gasteiger charge is -2.26. The van der Waals surface area contributed by atoms with E-state index in [1.165, 1.54) is 23.5 Å². The number of sulfonamides is 1. The summed E-state index contributed by atoms with van der Waals surface area (Å²) in [4.78, 5) is 12.5. The van der Waals surface area contributed by atoms with Crippen LogP contribution in [0.2, 0.25) is 0 Å². The summed E-state index contributed by atoms with van der Waals surface area (Å²) in [5.74, 6) is -0.155. The van der Waals surface area contributed by atoms with E-state index in [-0.39, 0.29) is 10.6 Å². The van der Waals surface area contributed by atoms with Gasteiger partial charge in [0.15, 0.2) is 0 Å². The van der Waals surface area contributed by atoms with Crippen LogP contribution >= 0.6 is 0 Å². The largest absolute Gasteiger partial charge is 0.495 e. The molecule has 0 unspecified atom stereocenters. The predicted octanol–water partition coefficient (Wildman–Crippen LogP) is 2.99. The number of methoxy groups -OCH3 is 1. The van der Waals surface area contributed by atoms with Gasteiger partial charge < -0.3 is 10.1 Å². The number of ether oxygens (including phenoxy) is 1. The van der Waals surface area contributed by atoms with Crippen LogP contribution in [0.5, 0.6) is 5.75 Å². The molecule has 1 amide bonds. The van der Waals surface area contributed by atoms with Gasteiger partial charge in [-0.3, -0.25) is 4.79 Å². The van der Waals surface area contributed by atoms with Crippen LogP contribution in [0.3, 0.4) is 0 Å². The van der Waals surface area contributed by atoms with Gasteiger partial charge in [-0.2, -0.15) is 9.57 Å². The number of hydrogen-bond donors (Lipinski definition) is 1. The van der Waals surface area contributed by atoms with Crippen molar-refractivity contribution in [2.45, 2.75) is 24.2 Å². The second-order valence-corrected chi connectivity index (χ2v) is 8.38. The Morgan fingerprint density at radius 2 is 1.79 bits per heavy atom. The molecule has 1 fully saturated rings. The summed E-state index contributed by atoms with van der Waals surface area (Å²) in [6.07, 6.45) is 2.68. The molecule has 2 aromatic rings. The molecule has 8 heteroatoms. The Morgan fingerprint density at radius 3 is 2.39 bits per heavy atom. The quantitative estimate of drug-likeness (QED) is 0.833. The van der Waals surface area contributed by atoms with Gasteiger partial charge in [-0.25, -0.2) is 8.42 Å². The number of nitrogens with zero attached hydrogens (tertiary/aromatic N) is 2. The summed E-state index contributed by atoms with van der Waals surface area (Å²) >= 11 is 0. The molecule has 0 radical (unpaired) electrons. The minimum atomic E-state index is -3.72. The highest BCUT2D eigenvalue weighted by Gasteiger charge is 2.29. The predicted molar refractivity (Wildman–Crippen MR) is 105 cm³/mol. The minimum absolute atomic E-state index is 0.0366. The molecule has 146 valence electrons. The number of anilines is 1. The maximum absolute atomic E-state index is 13.0. The first-order chi connectivity index (χ1) is 13.5. The van der Waals surface area contributed by atoms with Gasteiger partial charge in [0.05, 0.1) is 18.7 Å². The number of carbonyl (C=O) groups is 1. The Balaban J connectivity index is 1.88. The third-order valence-electron chi connectivity index (χ3n) is 4.63. The van der Waals surface area contributed by atoms with Gasteiger partial charge in [0.25, 0.3) is 5.91 Å². The lowest BCUT2D eigenvalue weighted by atomic mass is 10.1. The number of hydrogen-bond acceptors (Lipinski definition) is 5. The van der Waals surface area contributed by atoms with Crippen molar-refractivity contribution in [2.75, 3.05) is 25.5 Å². The molecular weight excluding hydrogens is 378 g/mol. The Hall–Kier alpha value is -2.89. The molecule has 1 N–H and O–H groups in total. The van der Waals surface area contributed by atoms with E-state index < -0.39 is 15.9 Å². The van der Waals surface area contributed by atoms with Crippen LogP contribution in [0, 0.1) is 11.3 Å². The molecule has 0 spiro atoms. The number of nitriles is 1. The summed E-state index contributed by atoms with van der Waals surface area (Å²) in [5, 5.41) is 11.5. The lowest BCUT2D eigenvalue weighted by Crippen LogP contribution is -2.35. The lowest BCUT2D eigenvalue weighted by molar-refractivity contribution is 0.102. The summed E-state index contributed by atoms with van der Waals surface area (Å²) in [6.45, 7) is 0.959. The number of rotatable bonds is 5. The maximum Gasteiger partial charge on any atom is 0.255 e. The van der Waals surface area contributed by atoms with Crippen molar-refractivity contribution in [1.82, 2.24) is 4.31 Å². The van der Waals surface area contributed by atoms with Gasteiger partial charge in [0.1, 0.15) is 10.6 Å². The van der Waals surface area contributed by atoms with E-state index in [4.69, 9.17) is 10.00 Å². The van der Waals surface area contributed by atoms with Gasteiger partial charge in [-0.1, -0.05) is 6.42 Å². The first-order valence-electron chi connectivity index (χ1n) is 8.95. The fourth-order valence-electron chi connectivity index (χ4n) is 3.10. The first-order valence-corrected chi connectivity index (χ1v) is 10.4. The summed E-state index contributed by atoms with van der Waals surface area (Å²) < 4.78 is 32.8. The van der Waals surface area contributed by atoms with Crippen LogP contribution in [0.15, 0.2) is 47.4 Å². The smallest absolute Gasteiger partial charge is 0.255 e. The molecule has 7 nitrogen and oxygen atoms in total. The summed E-state index contributed by atoms with van der Waals surface area (Å²) in [5.41, 5.74) is 1.18. The van der Waals surface area contributed by atoms with Crippen molar-refractivity contribution in [2.24, 2.45) is 0 Å². The summed E-state index contributed by atoms with van der Waals surface area (Å²) in [7, 11) is -2.30. The number of nitrogens with one attached hydrogen (secondary N) is 1. The van der Waals surface area contributed by atoms with Gasteiger partial charge in [0, 0.05) is 24.3 Å². The maximum atomic E-state index is 13.0. The number of amides is 1. The fourth-order valence-corrected chi connectivity index (χ4v) is 4.80. The molecule has 3 rings (SSSR count). The van der Waals surface area contributed by atoms with E-state index in [2.05, 4.69) is 5.32 Å². The van der Waals surface area contributed by atoms with Crippen molar-refractivity contribution < 1.29 is 17.9 Å². The van der Waals surface area contributed by atoms with E-state index in [0.29, 0.717) is 29.9 Å². The van der Waals surface area contributed by atoms with E-state index in [1.807, 2.05) is 6.07 Å². The molecule has 1 heterocycles. The second kappa shape index (κ2) is 8.42. The zero-order chi connectivity index (χ0) is 20.1. The van der Waals surface area contributed by atoms with Crippen molar-refractivity contribution >= 4 is 21.6 Å². The molecule has 28 heavy (non-hydrogen) atoms. The Morgan fingerprint density at radius 1 is 1.11 bits per heavy atom. The van der Waals surface area contributed by atoms with Crippen LogP contribution in [-0.2, 0) is 10.0 Å². The minimum Gasteiger partial charge on any atom is -0.495 e. The van der Waals surface area contributed by atoms with E-state index in [9.17, 15) is 13.2 Å². The Labute approximate surface area is 164 Å².